The number of nitrogens with two attached hydrogens (primary N) is 2. The molecule has 0 bridgehead atoms. The van der Waals surface area contributed by atoms with Crippen molar-refractivity contribution in [1.29, 1.82) is 0 Å². The number of thioether (sulfide) groups is 1. The third kappa shape index (κ3) is 7.97. The molecule has 1 fully saturated rings. The molecule has 11 nitrogen and oxygen atoms in total. The van der Waals surface area contributed by atoms with Gasteiger partial charge < -0.3 is 32.1 Å². The normalized spacial score (nSPS) is 19.5. The molecule has 0 radical (unpaired) electrons. The Kier molecular flexibility index (Phi) is 11.5. The van der Waals surface area contributed by atoms with Gasteiger partial charge in [0.2, 0.25) is 23.6 Å². The standard InChI is InChI=1S/C20H35N5O6S/c1-4-11(2)16(24-17(27)12(21)10-15(22)26)18(28)23-13(7-9-32-3)19(29)25-8-5-6-14(25)20(30)31/h11-14,16H,4-10,21H2,1-3H3,(H2,22,26)(H,23,28)(H,24,27)(H,30,31). The van der Waals surface area contributed by atoms with Crippen molar-refractivity contribution in [3.05, 3.63) is 0 Å². The van der Waals surface area contributed by atoms with Crippen LogP contribution in [0.3, 0.4) is 0 Å². The van der Waals surface area contributed by atoms with Crippen molar-refractivity contribution in [2.75, 3.05) is 18.6 Å². The fraction of sp³-hybridized carbons (Fsp3) is 0.750. The summed E-state index contributed by atoms with van der Waals surface area (Å²) in [6, 6.07) is -4.00. The predicted octanol–water partition coefficient (Wildman–Crippen LogP) is -0.966. The highest BCUT2D eigenvalue weighted by atomic mass is 32.2. The first kappa shape index (κ1) is 27.7. The van der Waals surface area contributed by atoms with Crippen LogP contribution in [0.25, 0.3) is 0 Å². The Bertz CT molecular complexity index is 706. The molecule has 7 N–H and O–H groups in total. The topological polar surface area (TPSA) is 185 Å². The third-order valence-electron chi connectivity index (χ3n) is 5.60. The maximum Gasteiger partial charge on any atom is 0.326 e. The molecule has 1 rings (SSSR count). The minimum atomic E-state index is -1.19. The summed E-state index contributed by atoms with van der Waals surface area (Å²) in [4.78, 5) is 62.4. The lowest BCUT2D eigenvalue weighted by atomic mass is 9.97. The zero-order valence-electron chi connectivity index (χ0n) is 18.8. The van der Waals surface area contributed by atoms with Crippen LogP contribution in [0.15, 0.2) is 0 Å². The van der Waals surface area contributed by atoms with Gasteiger partial charge in [0.1, 0.15) is 18.1 Å². The number of carboxylic acids is 1. The number of aliphatic carboxylic acids is 1. The van der Waals surface area contributed by atoms with Crippen LogP contribution in [0, 0.1) is 5.92 Å². The smallest absolute Gasteiger partial charge is 0.326 e. The molecule has 0 saturated carbocycles. The lowest BCUT2D eigenvalue weighted by Crippen LogP contribution is -2.59. The maximum atomic E-state index is 13.1. The molecule has 0 aliphatic carbocycles. The van der Waals surface area contributed by atoms with Crippen molar-refractivity contribution in [2.45, 2.75) is 70.1 Å². The van der Waals surface area contributed by atoms with Gasteiger partial charge in [-0.3, -0.25) is 19.2 Å². The number of hydrogen-bond acceptors (Lipinski definition) is 7. The van der Waals surface area contributed by atoms with E-state index in [0.717, 1.165) is 0 Å². The van der Waals surface area contributed by atoms with Gasteiger partial charge in [0.05, 0.1) is 12.5 Å². The van der Waals surface area contributed by atoms with E-state index < -0.39 is 53.8 Å². The van der Waals surface area contributed by atoms with Crippen LogP contribution in [0.4, 0.5) is 0 Å². The summed E-state index contributed by atoms with van der Waals surface area (Å²) in [6.07, 6.45) is 3.32. The van der Waals surface area contributed by atoms with Gasteiger partial charge in [-0.05, 0) is 37.2 Å². The lowest BCUT2D eigenvalue weighted by Gasteiger charge is -2.30. The Labute approximate surface area is 192 Å². The highest BCUT2D eigenvalue weighted by Crippen LogP contribution is 2.20. The molecule has 0 aromatic carbocycles. The van der Waals surface area contributed by atoms with Gasteiger partial charge in [-0.25, -0.2) is 4.79 Å². The summed E-state index contributed by atoms with van der Waals surface area (Å²) in [5.41, 5.74) is 10.8. The van der Waals surface area contributed by atoms with Crippen molar-refractivity contribution < 1.29 is 29.1 Å². The Morgan fingerprint density at radius 1 is 1.19 bits per heavy atom. The highest BCUT2D eigenvalue weighted by molar-refractivity contribution is 7.98. The largest absolute Gasteiger partial charge is 0.480 e. The summed E-state index contributed by atoms with van der Waals surface area (Å²) < 4.78 is 0. The number of carbonyl (C=O) groups is 5. The zero-order chi connectivity index (χ0) is 24.4. The Hall–Kier alpha value is -2.34. The number of carboxylic acid groups (broad SMARTS) is 1. The second-order valence-corrected chi connectivity index (χ2v) is 9.00. The van der Waals surface area contributed by atoms with E-state index in [0.29, 0.717) is 38.0 Å². The van der Waals surface area contributed by atoms with Gasteiger partial charge >= 0.3 is 5.97 Å². The average molecular weight is 474 g/mol. The van der Waals surface area contributed by atoms with Gasteiger partial charge in [0.25, 0.3) is 0 Å². The molecule has 1 aliphatic heterocycles. The molecule has 1 saturated heterocycles. The number of carbonyl (C=O) groups excluding carboxylic acids is 4. The molecule has 0 aromatic rings. The second-order valence-electron chi connectivity index (χ2n) is 8.02. The monoisotopic (exact) mass is 473 g/mol. The third-order valence-corrected chi connectivity index (χ3v) is 6.24. The number of amides is 4. The van der Waals surface area contributed by atoms with Crippen LogP contribution in [0.2, 0.25) is 0 Å². The van der Waals surface area contributed by atoms with Crippen molar-refractivity contribution in [3.63, 3.8) is 0 Å². The Balaban J connectivity index is 3.00. The Morgan fingerprint density at radius 2 is 1.84 bits per heavy atom. The van der Waals surface area contributed by atoms with E-state index in [1.165, 1.54) is 16.7 Å². The maximum absolute atomic E-state index is 13.1. The van der Waals surface area contributed by atoms with Gasteiger partial charge in [-0.15, -0.1) is 0 Å². The van der Waals surface area contributed by atoms with Crippen LogP contribution in [-0.2, 0) is 24.0 Å². The van der Waals surface area contributed by atoms with E-state index in [2.05, 4.69) is 10.6 Å². The van der Waals surface area contributed by atoms with Crippen LogP contribution >= 0.6 is 11.8 Å². The van der Waals surface area contributed by atoms with Gasteiger partial charge in [-0.2, -0.15) is 11.8 Å². The molecule has 1 heterocycles. The van der Waals surface area contributed by atoms with E-state index in [1.807, 2.05) is 13.2 Å². The molecule has 12 heteroatoms. The minimum absolute atomic E-state index is 0.283. The van der Waals surface area contributed by atoms with E-state index in [4.69, 9.17) is 11.5 Å². The van der Waals surface area contributed by atoms with Crippen molar-refractivity contribution >= 4 is 41.4 Å². The van der Waals surface area contributed by atoms with Crippen LogP contribution in [-0.4, -0.2) is 82.3 Å². The highest BCUT2D eigenvalue weighted by Gasteiger charge is 2.38. The quantitative estimate of drug-likeness (QED) is 0.226. The van der Waals surface area contributed by atoms with E-state index in [-0.39, 0.29) is 12.3 Å². The number of hydrogen-bond donors (Lipinski definition) is 5. The van der Waals surface area contributed by atoms with Gasteiger partial charge in [-0.1, -0.05) is 20.3 Å². The molecule has 0 spiro atoms. The number of likely N-dealkylation sites (tertiary alicyclic amines) is 1. The van der Waals surface area contributed by atoms with Crippen molar-refractivity contribution in [1.82, 2.24) is 15.5 Å². The van der Waals surface area contributed by atoms with Gasteiger partial charge in [0, 0.05) is 6.54 Å². The molecule has 5 unspecified atom stereocenters. The number of rotatable bonds is 13. The molecular formula is C20H35N5O6S. The fourth-order valence-corrected chi connectivity index (χ4v) is 3.99. The van der Waals surface area contributed by atoms with Crippen molar-refractivity contribution in [2.24, 2.45) is 17.4 Å². The number of nitrogens with one attached hydrogen (secondary N) is 2. The number of nitrogens with zero attached hydrogens (tertiary/aromatic N) is 1. The summed E-state index contributed by atoms with van der Waals surface area (Å²) in [7, 11) is 0. The average Bonchev–Trinajstić information content (AvgIpc) is 3.23. The lowest BCUT2D eigenvalue weighted by molar-refractivity contribution is -0.149. The summed E-state index contributed by atoms with van der Waals surface area (Å²) in [6.45, 7) is 3.93. The summed E-state index contributed by atoms with van der Waals surface area (Å²) in [5, 5.41) is 14.7. The SMILES string of the molecule is CCC(C)C(NC(=O)C(N)CC(N)=O)C(=O)NC(CCSC)C(=O)N1CCCC1C(=O)O. The first-order valence-electron chi connectivity index (χ1n) is 10.7. The van der Waals surface area contributed by atoms with Crippen LogP contribution in [0.1, 0.15) is 46.0 Å². The minimum Gasteiger partial charge on any atom is -0.480 e. The molecule has 4 amide bonds. The van der Waals surface area contributed by atoms with Gasteiger partial charge in [0.15, 0.2) is 0 Å². The number of primary amides is 1. The first-order valence-corrected chi connectivity index (χ1v) is 12.1. The first-order chi connectivity index (χ1) is 15.0. The fourth-order valence-electron chi connectivity index (χ4n) is 3.51. The Morgan fingerprint density at radius 3 is 2.38 bits per heavy atom. The summed E-state index contributed by atoms with van der Waals surface area (Å²) >= 11 is 1.50. The molecule has 32 heavy (non-hydrogen) atoms. The van der Waals surface area contributed by atoms with Crippen LogP contribution < -0.4 is 22.1 Å². The predicted molar refractivity (Wildman–Crippen MR) is 120 cm³/mol. The van der Waals surface area contributed by atoms with Crippen LogP contribution in [0.5, 0.6) is 0 Å². The molecular weight excluding hydrogens is 438 g/mol. The van der Waals surface area contributed by atoms with Crippen molar-refractivity contribution in [3.8, 4) is 0 Å². The molecule has 182 valence electrons. The van der Waals surface area contributed by atoms with E-state index in [1.54, 1.807) is 6.92 Å². The molecule has 0 aromatic heterocycles. The summed E-state index contributed by atoms with van der Waals surface area (Å²) in [5.74, 6) is -3.22. The molecule has 1 aliphatic rings. The zero-order valence-corrected chi connectivity index (χ0v) is 19.7. The second kappa shape index (κ2) is 13.3. The van der Waals surface area contributed by atoms with E-state index >= 15 is 0 Å². The van der Waals surface area contributed by atoms with E-state index in [9.17, 15) is 29.1 Å². The molecule has 5 atom stereocenters.